The molecule has 5 nitrogen and oxygen atoms in total. The molecule has 4 rings (SSSR count). The van der Waals surface area contributed by atoms with Crippen molar-refractivity contribution in [3.8, 4) is 0 Å². The van der Waals surface area contributed by atoms with Crippen LogP contribution in [0.3, 0.4) is 0 Å². The number of likely N-dealkylation sites (tertiary alicyclic amines) is 1. The first-order chi connectivity index (χ1) is 15.0. The topological polar surface area (TPSA) is 49.9 Å². The van der Waals surface area contributed by atoms with Gasteiger partial charge in [0, 0.05) is 38.2 Å². The van der Waals surface area contributed by atoms with E-state index in [0.717, 1.165) is 19.3 Å². The standard InChI is InChI=1S/C24H29FN2O3S/c1-26(23(28)20-9-13-31-16-20)22(14-18-4-2-3-5-21(18)25)17-6-10-27(11-7-17)24(29)19-8-12-30-15-19/h2-5,9,13,16-17,19,22H,6-8,10-12,14-15H2,1H3. The van der Waals surface area contributed by atoms with Crippen molar-refractivity contribution in [2.75, 3.05) is 33.4 Å². The van der Waals surface area contributed by atoms with Gasteiger partial charge in [0.05, 0.1) is 18.1 Å². The molecule has 2 saturated heterocycles. The monoisotopic (exact) mass is 444 g/mol. The number of amides is 2. The minimum Gasteiger partial charge on any atom is -0.381 e. The summed E-state index contributed by atoms with van der Waals surface area (Å²) >= 11 is 1.49. The van der Waals surface area contributed by atoms with Crippen LogP contribution in [-0.2, 0) is 16.0 Å². The lowest BCUT2D eigenvalue weighted by molar-refractivity contribution is -0.137. The average molecular weight is 445 g/mol. The normalized spacial score (nSPS) is 20.6. The Morgan fingerprint density at radius 3 is 2.65 bits per heavy atom. The van der Waals surface area contributed by atoms with E-state index in [9.17, 15) is 14.0 Å². The van der Waals surface area contributed by atoms with Crippen molar-refractivity contribution >= 4 is 23.2 Å². The molecule has 2 amide bonds. The molecule has 0 aliphatic carbocycles. The second kappa shape index (κ2) is 9.92. The van der Waals surface area contributed by atoms with Gasteiger partial charge in [0.15, 0.2) is 0 Å². The van der Waals surface area contributed by atoms with Crippen LogP contribution in [0.1, 0.15) is 35.2 Å². The molecule has 2 aliphatic heterocycles. The summed E-state index contributed by atoms with van der Waals surface area (Å²) in [5, 5.41) is 3.74. The van der Waals surface area contributed by atoms with Gasteiger partial charge in [0.1, 0.15) is 5.82 Å². The highest BCUT2D eigenvalue weighted by atomic mass is 32.1. The highest BCUT2D eigenvalue weighted by Gasteiger charge is 2.35. The number of carbonyl (C=O) groups is 2. The van der Waals surface area contributed by atoms with E-state index < -0.39 is 0 Å². The second-order valence-electron chi connectivity index (χ2n) is 8.51. The number of rotatable bonds is 6. The van der Waals surface area contributed by atoms with Crippen molar-refractivity contribution in [1.29, 1.82) is 0 Å². The van der Waals surface area contributed by atoms with E-state index in [4.69, 9.17) is 4.74 Å². The summed E-state index contributed by atoms with van der Waals surface area (Å²) in [7, 11) is 1.82. The molecule has 1 aromatic carbocycles. The molecule has 0 N–H and O–H groups in total. The number of likely N-dealkylation sites (N-methyl/N-ethyl adjacent to an activating group) is 1. The fourth-order valence-electron chi connectivity index (χ4n) is 4.74. The third-order valence-corrected chi connectivity index (χ3v) is 7.33. The average Bonchev–Trinajstić information content (AvgIpc) is 3.52. The molecule has 0 bridgehead atoms. The van der Waals surface area contributed by atoms with E-state index in [-0.39, 0.29) is 35.5 Å². The second-order valence-corrected chi connectivity index (χ2v) is 9.29. The summed E-state index contributed by atoms with van der Waals surface area (Å²) in [6, 6.07) is 8.49. The number of benzene rings is 1. The van der Waals surface area contributed by atoms with E-state index in [1.54, 1.807) is 17.0 Å². The minimum absolute atomic E-state index is 0.0198. The first-order valence-corrected chi connectivity index (χ1v) is 11.9. The fraction of sp³-hybridized carbons (Fsp3) is 0.500. The van der Waals surface area contributed by atoms with Gasteiger partial charge in [-0.3, -0.25) is 9.59 Å². The zero-order valence-electron chi connectivity index (χ0n) is 17.8. The van der Waals surface area contributed by atoms with Gasteiger partial charge in [-0.1, -0.05) is 18.2 Å². The molecule has 0 saturated carbocycles. The Kier molecular flexibility index (Phi) is 7.02. The lowest BCUT2D eigenvalue weighted by Crippen LogP contribution is -2.49. The number of thiophene rings is 1. The largest absolute Gasteiger partial charge is 0.381 e. The van der Waals surface area contributed by atoms with Gasteiger partial charge in [0.25, 0.3) is 5.91 Å². The number of carbonyl (C=O) groups excluding carboxylic acids is 2. The van der Waals surface area contributed by atoms with Crippen LogP contribution in [-0.4, -0.2) is 61.0 Å². The first kappa shape index (κ1) is 22.0. The Morgan fingerprint density at radius 1 is 1.23 bits per heavy atom. The molecule has 3 heterocycles. The van der Waals surface area contributed by atoms with Gasteiger partial charge in [-0.15, -0.1) is 0 Å². The third kappa shape index (κ3) is 4.99. The molecular formula is C24H29FN2O3S. The maximum atomic E-state index is 14.4. The maximum absolute atomic E-state index is 14.4. The fourth-order valence-corrected chi connectivity index (χ4v) is 5.37. The molecule has 2 fully saturated rings. The molecule has 0 spiro atoms. The van der Waals surface area contributed by atoms with Crippen molar-refractivity contribution in [2.24, 2.45) is 11.8 Å². The van der Waals surface area contributed by atoms with E-state index in [1.807, 2.05) is 34.8 Å². The van der Waals surface area contributed by atoms with Crippen LogP contribution in [0.15, 0.2) is 41.1 Å². The van der Waals surface area contributed by atoms with Crippen LogP contribution >= 0.6 is 11.3 Å². The number of ether oxygens (including phenoxy) is 1. The van der Waals surface area contributed by atoms with Crippen LogP contribution in [0.5, 0.6) is 0 Å². The van der Waals surface area contributed by atoms with E-state index in [2.05, 4.69) is 0 Å². The Bertz CT molecular complexity index is 890. The molecule has 2 unspecified atom stereocenters. The van der Waals surface area contributed by atoms with E-state index in [0.29, 0.717) is 43.9 Å². The van der Waals surface area contributed by atoms with Crippen LogP contribution in [0, 0.1) is 17.7 Å². The van der Waals surface area contributed by atoms with Gasteiger partial charge in [-0.25, -0.2) is 4.39 Å². The molecule has 166 valence electrons. The molecule has 2 atom stereocenters. The Hall–Kier alpha value is -2.25. The molecule has 2 aliphatic rings. The summed E-state index contributed by atoms with van der Waals surface area (Å²) in [6.45, 7) is 2.53. The van der Waals surface area contributed by atoms with Crippen molar-refractivity contribution < 1.29 is 18.7 Å². The molecule has 0 radical (unpaired) electrons. The molecule has 7 heteroatoms. The zero-order chi connectivity index (χ0) is 21.8. The van der Waals surface area contributed by atoms with Crippen LogP contribution in [0.2, 0.25) is 0 Å². The molecule has 31 heavy (non-hydrogen) atoms. The van der Waals surface area contributed by atoms with E-state index >= 15 is 0 Å². The van der Waals surface area contributed by atoms with Crippen molar-refractivity contribution in [1.82, 2.24) is 9.80 Å². The van der Waals surface area contributed by atoms with Crippen LogP contribution in [0.25, 0.3) is 0 Å². The first-order valence-electron chi connectivity index (χ1n) is 10.9. The van der Waals surface area contributed by atoms with Gasteiger partial charge in [0.2, 0.25) is 5.91 Å². The quantitative estimate of drug-likeness (QED) is 0.680. The van der Waals surface area contributed by atoms with E-state index in [1.165, 1.54) is 17.4 Å². The number of halogens is 1. The van der Waals surface area contributed by atoms with Gasteiger partial charge in [-0.2, -0.15) is 11.3 Å². The highest BCUT2D eigenvalue weighted by molar-refractivity contribution is 7.08. The Labute approximate surface area is 186 Å². The molecular weight excluding hydrogens is 415 g/mol. The number of nitrogens with zero attached hydrogens (tertiary/aromatic N) is 2. The number of piperidine rings is 1. The maximum Gasteiger partial charge on any atom is 0.254 e. The summed E-state index contributed by atoms with van der Waals surface area (Å²) in [4.78, 5) is 29.5. The van der Waals surface area contributed by atoms with Gasteiger partial charge in [-0.05, 0) is 54.7 Å². The summed E-state index contributed by atoms with van der Waals surface area (Å²) in [5.74, 6) is 0.0934. The Balaban J connectivity index is 1.48. The van der Waals surface area contributed by atoms with Crippen LogP contribution in [0.4, 0.5) is 4.39 Å². The lowest BCUT2D eigenvalue weighted by Gasteiger charge is -2.40. The SMILES string of the molecule is CN(C(=O)c1ccsc1)C(Cc1ccccc1F)C1CCN(C(=O)C2CCOC2)CC1. The summed E-state index contributed by atoms with van der Waals surface area (Å²) < 4.78 is 19.8. The minimum atomic E-state index is -0.238. The van der Waals surface area contributed by atoms with Crippen LogP contribution < -0.4 is 0 Å². The summed E-state index contributed by atoms with van der Waals surface area (Å²) in [5.41, 5.74) is 1.29. The van der Waals surface area contributed by atoms with Gasteiger partial charge < -0.3 is 14.5 Å². The number of hydrogen-bond donors (Lipinski definition) is 0. The van der Waals surface area contributed by atoms with Gasteiger partial charge >= 0.3 is 0 Å². The summed E-state index contributed by atoms with van der Waals surface area (Å²) in [6.07, 6.45) is 2.88. The zero-order valence-corrected chi connectivity index (χ0v) is 18.7. The predicted molar refractivity (Wildman–Crippen MR) is 119 cm³/mol. The lowest BCUT2D eigenvalue weighted by atomic mass is 9.84. The van der Waals surface area contributed by atoms with Crippen molar-refractivity contribution in [2.45, 2.75) is 31.7 Å². The van der Waals surface area contributed by atoms with Crippen molar-refractivity contribution in [3.63, 3.8) is 0 Å². The predicted octanol–water partition coefficient (Wildman–Crippen LogP) is 3.85. The molecule has 1 aromatic heterocycles. The Morgan fingerprint density at radius 2 is 2.00 bits per heavy atom. The third-order valence-electron chi connectivity index (χ3n) is 6.65. The highest BCUT2D eigenvalue weighted by Crippen LogP contribution is 2.29. The smallest absolute Gasteiger partial charge is 0.254 e. The molecule has 2 aromatic rings. The van der Waals surface area contributed by atoms with Crippen molar-refractivity contribution in [3.05, 3.63) is 58.0 Å². The number of hydrogen-bond acceptors (Lipinski definition) is 4.